The SMILES string of the molecule is Clc1cccc([C@H]2C=C(c3ccccc3)N3CCN[C@@]3(c3ccccc3)C2)c1. The van der Waals surface area contributed by atoms with Gasteiger partial charge in [0.1, 0.15) is 5.66 Å². The molecular weight excluding hydrogens is 364 g/mol. The van der Waals surface area contributed by atoms with Crippen molar-refractivity contribution in [1.29, 1.82) is 0 Å². The summed E-state index contributed by atoms with van der Waals surface area (Å²) in [4.78, 5) is 2.55. The van der Waals surface area contributed by atoms with Crippen LogP contribution in [0.15, 0.2) is 91.0 Å². The second-order valence-electron chi connectivity index (χ2n) is 7.59. The standard InChI is InChI=1S/C25H23ClN2/c26-23-13-7-10-20(16-23)21-17-24(19-8-3-1-4-9-19)28-15-14-27-25(28,18-21)22-11-5-2-6-12-22/h1-13,16-17,21,27H,14-15,18H2/t21-,25-/m0/s1. The fourth-order valence-electron chi connectivity index (χ4n) is 4.73. The first kappa shape index (κ1) is 17.5. The lowest BCUT2D eigenvalue weighted by Crippen LogP contribution is -2.50. The number of hydrogen-bond donors (Lipinski definition) is 1. The Morgan fingerprint density at radius 3 is 2.39 bits per heavy atom. The minimum atomic E-state index is -0.200. The smallest absolute Gasteiger partial charge is 0.118 e. The van der Waals surface area contributed by atoms with E-state index in [4.69, 9.17) is 11.6 Å². The topological polar surface area (TPSA) is 15.3 Å². The number of nitrogens with zero attached hydrogens (tertiary/aromatic N) is 1. The van der Waals surface area contributed by atoms with Gasteiger partial charge in [-0.05, 0) is 35.2 Å². The maximum absolute atomic E-state index is 6.33. The van der Waals surface area contributed by atoms with E-state index in [2.05, 4.69) is 95.2 Å². The van der Waals surface area contributed by atoms with Gasteiger partial charge in [-0.3, -0.25) is 5.32 Å². The van der Waals surface area contributed by atoms with Gasteiger partial charge in [-0.15, -0.1) is 0 Å². The summed E-state index contributed by atoms with van der Waals surface area (Å²) < 4.78 is 0. The van der Waals surface area contributed by atoms with E-state index in [1.165, 1.54) is 22.4 Å². The molecule has 1 N–H and O–H groups in total. The van der Waals surface area contributed by atoms with E-state index in [-0.39, 0.29) is 11.6 Å². The fraction of sp³-hybridized carbons (Fsp3) is 0.200. The van der Waals surface area contributed by atoms with Crippen LogP contribution in [0.25, 0.3) is 5.70 Å². The third-order valence-corrected chi connectivity index (χ3v) is 6.21. The van der Waals surface area contributed by atoms with Crippen molar-refractivity contribution in [2.75, 3.05) is 13.1 Å². The number of allylic oxidation sites excluding steroid dienone is 1. The van der Waals surface area contributed by atoms with Crippen LogP contribution < -0.4 is 5.32 Å². The summed E-state index contributed by atoms with van der Waals surface area (Å²) in [5.41, 5.74) is 4.95. The number of halogens is 1. The fourth-order valence-corrected chi connectivity index (χ4v) is 4.93. The molecule has 2 nitrogen and oxygen atoms in total. The number of fused-ring (bicyclic) bond motifs is 1. The van der Waals surface area contributed by atoms with E-state index in [1.807, 2.05) is 6.07 Å². The van der Waals surface area contributed by atoms with Crippen LogP contribution in [0, 0.1) is 0 Å². The Bertz CT molecular complexity index is 999. The Morgan fingerprint density at radius 1 is 0.893 bits per heavy atom. The van der Waals surface area contributed by atoms with Gasteiger partial charge in [0.2, 0.25) is 0 Å². The lowest BCUT2D eigenvalue weighted by atomic mass is 9.79. The summed E-state index contributed by atoms with van der Waals surface area (Å²) in [5.74, 6) is 0.288. The van der Waals surface area contributed by atoms with E-state index in [0.29, 0.717) is 0 Å². The minimum absolute atomic E-state index is 0.200. The second-order valence-corrected chi connectivity index (χ2v) is 8.02. The molecule has 1 saturated heterocycles. The molecule has 28 heavy (non-hydrogen) atoms. The lowest BCUT2D eigenvalue weighted by Gasteiger charge is -2.47. The van der Waals surface area contributed by atoms with Gasteiger partial charge in [-0.2, -0.15) is 0 Å². The van der Waals surface area contributed by atoms with Gasteiger partial charge in [-0.25, -0.2) is 0 Å². The predicted octanol–water partition coefficient (Wildman–Crippen LogP) is 5.63. The van der Waals surface area contributed by atoms with E-state index in [0.717, 1.165) is 24.5 Å². The Morgan fingerprint density at radius 2 is 1.64 bits per heavy atom. The molecule has 140 valence electrons. The number of benzene rings is 3. The van der Waals surface area contributed by atoms with Crippen molar-refractivity contribution in [2.24, 2.45) is 0 Å². The zero-order valence-corrected chi connectivity index (χ0v) is 16.4. The molecule has 2 aliphatic rings. The number of hydrogen-bond acceptors (Lipinski definition) is 2. The summed E-state index contributed by atoms with van der Waals surface area (Å²) in [6.07, 6.45) is 3.41. The largest absolute Gasteiger partial charge is 0.348 e. The Balaban J connectivity index is 1.68. The summed E-state index contributed by atoms with van der Waals surface area (Å²) >= 11 is 6.33. The zero-order valence-electron chi connectivity index (χ0n) is 15.7. The molecular formula is C25H23ClN2. The van der Waals surface area contributed by atoms with Crippen LogP contribution in [-0.2, 0) is 5.66 Å². The molecule has 2 atom stereocenters. The number of nitrogens with one attached hydrogen (secondary N) is 1. The average molecular weight is 387 g/mol. The molecule has 3 aromatic carbocycles. The normalized spacial score (nSPS) is 24.0. The van der Waals surface area contributed by atoms with Gasteiger partial charge < -0.3 is 4.90 Å². The Kier molecular flexibility index (Phi) is 4.46. The third-order valence-electron chi connectivity index (χ3n) is 5.98. The molecule has 0 spiro atoms. The van der Waals surface area contributed by atoms with Crippen molar-refractivity contribution in [3.8, 4) is 0 Å². The van der Waals surface area contributed by atoms with Crippen molar-refractivity contribution >= 4 is 17.3 Å². The molecule has 0 amide bonds. The van der Waals surface area contributed by atoms with E-state index >= 15 is 0 Å². The molecule has 0 saturated carbocycles. The van der Waals surface area contributed by atoms with Crippen LogP contribution in [-0.4, -0.2) is 18.0 Å². The molecule has 0 aromatic heterocycles. The van der Waals surface area contributed by atoms with Gasteiger partial charge in [-0.1, -0.05) is 90.5 Å². The van der Waals surface area contributed by atoms with Crippen molar-refractivity contribution in [1.82, 2.24) is 10.2 Å². The lowest BCUT2D eigenvalue weighted by molar-refractivity contribution is 0.156. The zero-order chi connectivity index (χ0) is 19.0. The summed E-state index contributed by atoms with van der Waals surface area (Å²) in [5, 5.41) is 4.65. The monoisotopic (exact) mass is 386 g/mol. The van der Waals surface area contributed by atoms with Crippen molar-refractivity contribution in [2.45, 2.75) is 18.0 Å². The second kappa shape index (κ2) is 7.12. The van der Waals surface area contributed by atoms with Crippen molar-refractivity contribution < 1.29 is 0 Å². The highest BCUT2D eigenvalue weighted by atomic mass is 35.5. The van der Waals surface area contributed by atoms with Crippen LogP contribution in [0.3, 0.4) is 0 Å². The van der Waals surface area contributed by atoms with Crippen molar-refractivity contribution in [3.05, 3.63) is 113 Å². The predicted molar refractivity (Wildman–Crippen MR) is 116 cm³/mol. The minimum Gasteiger partial charge on any atom is -0.348 e. The molecule has 0 radical (unpaired) electrons. The van der Waals surface area contributed by atoms with Crippen LogP contribution in [0.1, 0.15) is 29.0 Å². The summed E-state index contributed by atoms with van der Waals surface area (Å²) in [6, 6.07) is 29.9. The van der Waals surface area contributed by atoms with E-state index in [1.54, 1.807) is 0 Å². The molecule has 5 rings (SSSR count). The summed E-state index contributed by atoms with van der Waals surface area (Å²) in [7, 11) is 0. The van der Waals surface area contributed by atoms with Crippen molar-refractivity contribution in [3.63, 3.8) is 0 Å². The summed E-state index contributed by atoms with van der Waals surface area (Å²) in [6.45, 7) is 1.97. The Labute approximate surface area is 171 Å². The van der Waals surface area contributed by atoms with Gasteiger partial charge in [0.05, 0.1) is 0 Å². The van der Waals surface area contributed by atoms with Gasteiger partial charge in [0.25, 0.3) is 0 Å². The first-order valence-electron chi connectivity index (χ1n) is 9.87. The van der Waals surface area contributed by atoms with Crippen LogP contribution in [0.5, 0.6) is 0 Å². The molecule has 3 aromatic rings. The maximum atomic E-state index is 6.33. The van der Waals surface area contributed by atoms with E-state index < -0.39 is 0 Å². The molecule has 0 aliphatic carbocycles. The van der Waals surface area contributed by atoms with Crippen LogP contribution in [0.2, 0.25) is 5.02 Å². The van der Waals surface area contributed by atoms with Gasteiger partial charge in [0.15, 0.2) is 0 Å². The van der Waals surface area contributed by atoms with Gasteiger partial charge in [0, 0.05) is 29.7 Å². The first-order chi connectivity index (χ1) is 13.8. The molecule has 2 heterocycles. The molecule has 2 aliphatic heterocycles. The quantitative estimate of drug-likeness (QED) is 0.627. The average Bonchev–Trinajstić information content (AvgIpc) is 3.20. The van der Waals surface area contributed by atoms with Crippen LogP contribution >= 0.6 is 11.6 Å². The first-order valence-corrected chi connectivity index (χ1v) is 10.2. The highest BCUT2D eigenvalue weighted by Crippen LogP contribution is 2.48. The van der Waals surface area contributed by atoms with E-state index in [9.17, 15) is 0 Å². The van der Waals surface area contributed by atoms with Gasteiger partial charge >= 0.3 is 0 Å². The number of rotatable bonds is 3. The Hall–Kier alpha value is -2.55. The maximum Gasteiger partial charge on any atom is 0.118 e. The third kappa shape index (κ3) is 2.94. The molecule has 3 heteroatoms. The molecule has 1 fully saturated rings. The molecule has 0 bridgehead atoms. The highest BCUT2D eigenvalue weighted by molar-refractivity contribution is 6.30. The highest BCUT2D eigenvalue weighted by Gasteiger charge is 2.47. The molecule has 0 unspecified atom stereocenters. The van der Waals surface area contributed by atoms with Crippen LogP contribution in [0.4, 0.5) is 0 Å².